The lowest BCUT2D eigenvalue weighted by molar-refractivity contribution is -0.137. The molecule has 2 fully saturated rings. The Kier molecular flexibility index (Phi) is 4.35. The zero-order valence-corrected chi connectivity index (χ0v) is 13.1. The number of amides is 1. The topological polar surface area (TPSA) is 60.9 Å². The molecule has 0 radical (unpaired) electrons. The Morgan fingerprint density at radius 3 is 2.74 bits per heavy atom. The molecule has 0 spiro atoms. The second-order valence-electron chi connectivity index (χ2n) is 6.50. The van der Waals surface area contributed by atoms with E-state index in [2.05, 4.69) is 4.90 Å². The lowest BCUT2D eigenvalue weighted by Gasteiger charge is -2.29. The fraction of sp³-hybridized carbons (Fsp3) is 0.529. The molecule has 0 aliphatic carbocycles. The minimum Gasteiger partial charge on any atom is -0.481 e. The highest BCUT2D eigenvalue weighted by Gasteiger charge is 2.48. The third-order valence-electron chi connectivity index (χ3n) is 4.98. The van der Waals surface area contributed by atoms with Gasteiger partial charge in [0.2, 0.25) is 5.91 Å². The molecule has 3 rings (SSSR count). The summed E-state index contributed by atoms with van der Waals surface area (Å²) >= 11 is 0. The van der Waals surface area contributed by atoms with E-state index in [0.29, 0.717) is 19.0 Å². The molecule has 23 heavy (non-hydrogen) atoms. The maximum atomic E-state index is 13.6. The molecule has 2 aliphatic heterocycles. The summed E-state index contributed by atoms with van der Waals surface area (Å²) in [6.45, 7) is 4.29. The third kappa shape index (κ3) is 3.22. The number of likely N-dealkylation sites (tertiary alicyclic amines) is 2. The molecule has 0 saturated carbocycles. The molecule has 124 valence electrons. The maximum Gasteiger partial charge on any atom is 0.304 e. The molecule has 0 bridgehead atoms. The smallest absolute Gasteiger partial charge is 0.304 e. The van der Waals surface area contributed by atoms with E-state index in [4.69, 9.17) is 5.11 Å². The highest BCUT2D eigenvalue weighted by molar-refractivity contribution is 5.74. The van der Waals surface area contributed by atoms with Crippen molar-refractivity contribution >= 4 is 11.9 Å². The number of carboxylic acid groups (broad SMARTS) is 1. The predicted molar refractivity (Wildman–Crippen MR) is 82.2 cm³/mol. The molecule has 0 unspecified atom stereocenters. The number of carbonyl (C=O) groups excluding carboxylic acids is 1. The van der Waals surface area contributed by atoms with Crippen LogP contribution < -0.4 is 0 Å². The van der Waals surface area contributed by atoms with E-state index in [9.17, 15) is 14.0 Å². The van der Waals surface area contributed by atoms with Crippen LogP contribution in [0.5, 0.6) is 0 Å². The highest BCUT2D eigenvalue weighted by Crippen LogP contribution is 2.45. The van der Waals surface area contributed by atoms with Gasteiger partial charge in [0, 0.05) is 39.0 Å². The van der Waals surface area contributed by atoms with Gasteiger partial charge < -0.3 is 14.9 Å². The van der Waals surface area contributed by atoms with Crippen molar-refractivity contribution in [2.45, 2.75) is 19.4 Å². The van der Waals surface area contributed by atoms with Crippen LogP contribution in [0.2, 0.25) is 0 Å². The number of halogens is 1. The Morgan fingerprint density at radius 1 is 1.30 bits per heavy atom. The van der Waals surface area contributed by atoms with Crippen LogP contribution in [-0.2, 0) is 9.59 Å². The number of carbonyl (C=O) groups is 2. The van der Waals surface area contributed by atoms with E-state index in [1.165, 1.54) is 12.1 Å². The number of nitrogens with zero attached hydrogens (tertiary/aromatic N) is 2. The summed E-state index contributed by atoms with van der Waals surface area (Å²) in [6.07, 6.45) is 0.125. The summed E-state index contributed by atoms with van der Waals surface area (Å²) in [5.41, 5.74) is 0.827. The minimum absolute atomic E-state index is 0.00532. The molecule has 1 aromatic rings. The van der Waals surface area contributed by atoms with Crippen LogP contribution in [0.3, 0.4) is 0 Å². The molecular formula is C17H21FN2O3. The minimum atomic E-state index is -0.797. The first-order chi connectivity index (χ1) is 11.0. The maximum absolute atomic E-state index is 13.6. The van der Waals surface area contributed by atoms with E-state index in [-0.39, 0.29) is 30.1 Å². The zero-order valence-electron chi connectivity index (χ0n) is 13.1. The van der Waals surface area contributed by atoms with Crippen molar-refractivity contribution in [3.8, 4) is 0 Å². The quantitative estimate of drug-likeness (QED) is 0.918. The Morgan fingerprint density at radius 2 is 2.09 bits per heavy atom. The van der Waals surface area contributed by atoms with Gasteiger partial charge in [0.15, 0.2) is 0 Å². The molecule has 0 aromatic heterocycles. The Hall–Kier alpha value is -1.95. The number of aliphatic carboxylic acids is 1. The van der Waals surface area contributed by atoms with E-state index >= 15 is 0 Å². The number of fused-ring (bicyclic) bond motifs is 1. The molecular weight excluding hydrogens is 299 g/mol. The van der Waals surface area contributed by atoms with Crippen LogP contribution in [0.15, 0.2) is 24.3 Å². The summed E-state index contributed by atoms with van der Waals surface area (Å²) < 4.78 is 13.6. The van der Waals surface area contributed by atoms with Gasteiger partial charge in [-0.25, -0.2) is 4.39 Å². The summed E-state index contributed by atoms with van der Waals surface area (Å²) in [4.78, 5) is 26.7. The first-order valence-electron chi connectivity index (χ1n) is 7.92. The normalized spacial score (nSPS) is 27.2. The standard InChI is InChI=1S/C17H21FN2O3/c1-11(21)20-9-13-8-19(6-5-16(22)23)10-15(13)17(20)12-3-2-4-14(18)7-12/h2-4,7,13,15,17H,5-6,8-10H2,1H3,(H,22,23)/t13-,15-,17+/m1/s1. The van der Waals surface area contributed by atoms with Crippen molar-refractivity contribution in [2.24, 2.45) is 11.8 Å². The molecule has 2 aliphatic rings. The molecule has 1 aromatic carbocycles. The molecule has 1 N–H and O–H groups in total. The Bertz CT molecular complexity index is 622. The molecule has 6 heteroatoms. The van der Waals surface area contributed by atoms with Gasteiger partial charge in [0.05, 0.1) is 12.5 Å². The number of hydrogen-bond donors (Lipinski definition) is 1. The summed E-state index contributed by atoms with van der Waals surface area (Å²) in [5, 5.41) is 8.83. The van der Waals surface area contributed by atoms with Crippen LogP contribution in [0, 0.1) is 17.7 Å². The van der Waals surface area contributed by atoms with E-state index < -0.39 is 5.97 Å². The number of hydrogen-bond acceptors (Lipinski definition) is 3. The third-order valence-corrected chi connectivity index (χ3v) is 4.98. The average Bonchev–Trinajstić information content (AvgIpc) is 3.01. The Balaban J connectivity index is 1.80. The molecule has 2 heterocycles. The van der Waals surface area contributed by atoms with Crippen molar-refractivity contribution in [3.63, 3.8) is 0 Å². The van der Waals surface area contributed by atoms with E-state index in [1.807, 2.05) is 11.0 Å². The van der Waals surface area contributed by atoms with Crippen LogP contribution in [-0.4, -0.2) is 53.0 Å². The van der Waals surface area contributed by atoms with E-state index in [1.54, 1.807) is 13.0 Å². The molecule has 5 nitrogen and oxygen atoms in total. The van der Waals surface area contributed by atoms with Crippen LogP contribution >= 0.6 is 0 Å². The van der Waals surface area contributed by atoms with Crippen molar-refractivity contribution in [1.82, 2.24) is 9.80 Å². The fourth-order valence-electron chi connectivity index (χ4n) is 4.02. The molecule has 1 amide bonds. The largest absolute Gasteiger partial charge is 0.481 e. The van der Waals surface area contributed by atoms with Gasteiger partial charge in [-0.3, -0.25) is 9.59 Å². The van der Waals surface area contributed by atoms with Crippen molar-refractivity contribution < 1.29 is 19.1 Å². The molecule has 3 atom stereocenters. The van der Waals surface area contributed by atoms with Crippen molar-refractivity contribution in [2.75, 3.05) is 26.2 Å². The predicted octanol–water partition coefficient (Wildman–Crippen LogP) is 1.75. The number of carboxylic acids is 1. The molecule has 2 saturated heterocycles. The van der Waals surface area contributed by atoms with Gasteiger partial charge in [-0.2, -0.15) is 0 Å². The van der Waals surface area contributed by atoms with E-state index in [0.717, 1.165) is 18.7 Å². The second-order valence-corrected chi connectivity index (χ2v) is 6.50. The van der Waals surface area contributed by atoms with Gasteiger partial charge in [0.25, 0.3) is 0 Å². The number of benzene rings is 1. The van der Waals surface area contributed by atoms with Crippen LogP contribution in [0.1, 0.15) is 24.9 Å². The van der Waals surface area contributed by atoms with Crippen LogP contribution in [0.4, 0.5) is 4.39 Å². The monoisotopic (exact) mass is 320 g/mol. The first-order valence-corrected chi connectivity index (χ1v) is 7.92. The Labute approximate surface area is 134 Å². The summed E-state index contributed by atoms with van der Waals surface area (Å²) in [6, 6.07) is 6.33. The SMILES string of the molecule is CC(=O)N1C[C@H]2CN(CCC(=O)O)C[C@H]2[C@@H]1c1cccc(F)c1. The lowest BCUT2D eigenvalue weighted by Crippen LogP contribution is -2.34. The van der Waals surface area contributed by atoms with Crippen LogP contribution in [0.25, 0.3) is 0 Å². The number of rotatable bonds is 4. The average molecular weight is 320 g/mol. The van der Waals surface area contributed by atoms with Crippen molar-refractivity contribution in [3.05, 3.63) is 35.6 Å². The zero-order chi connectivity index (χ0) is 16.6. The van der Waals surface area contributed by atoms with Gasteiger partial charge in [-0.1, -0.05) is 12.1 Å². The second kappa shape index (κ2) is 6.28. The highest BCUT2D eigenvalue weighted by atomic mass is 19.1. The van der Waals surface area contributed by atoms with Gasteiger partial charge in [-0.05, 0) is 23.6 Å². The summed E-state index contributed by atoms with van der Waals surface area (Å²) in [7, 11) is 0. The van der Waals surface area contributed by atoms with Crippen molar-refractivity contribution in [1.29, 1.82) is 0 Å². The van der Waals surface area contributed by atoms with Gasteiger partial charge in [0.1, 0.15) is 5.82 Å². The summed E-state index contributed by atoms with van der Waals surface area (Å²) in [5.74, 6) is -0.537. The van der Waals surface area contributed by atoms with Gasteiger partial charge in [-0.15, -0.1) is 0 Å². The lowest BCUT2D eigenvalue weighted by atomic mass is 9.89. The van der Waals surface area contributed by atoms with Gasteiger partial charge >= 0.3 is 5.97 Å². The first kappa shape index (κ1) is 15.9. The fourth-order valence-corrected chi connectivity index (χ4v) is 4.02.